The van der Waals surface area contributed by atoms with Crippen LogP contribution in [0.1, 0.15) is 23.6 Å². The van der Waals surface area contributed by atoms with Crippen molar-refractivity contribution in [3.05, 3.63) is 87.9 Å². The molecule has 0 aliphatic rings. The number of methoxy groups -OCH3 is 2. The van der Waals surface area contributed by atoms with Gasteiger partial charge >= 0.3 is 0 Å². The molecular weight excluding hydrogens is 446 g/mol. The number of phenols is 1. The zero-order chi connectivity index (χ0) is 21.7. The first-order valence-corrected chi connectivity index (χ1v) is 10.2. The van der Waals surface area contributed by atoms with E-state index in [1.54, 1.807) is 44.7 Å². The third kappa shape index (κ3) is 4.06. The Morgan fingerprint density at radius 1 is 0.900 bits per heavy atom. The van der Waals surface area contributed by atoms with Crippen LogP contribution in [0.4, 0.5) is 0 Å². The predicted molar refractivity (Wildman–Crippen MR) is 122 cm³/mol. The number of hydrogen-bond acceptors (Lipinski definition) is 5. The molecule has 0 fully saturated rings. The summed E-state index contributed by atoms with van der Waals surface area (Å²) in [6.45, 7) is 1.81. The Balaban J connectivity index is 2.16. The highest BCUT2D eigenvalue weighted by Crippen LogP contribution is 2.43. The molecular formula is C24H24BrNO4. The number of hydrogen-bond donors (Lipinski definition) is 2. The molecule has 3 aromatic rings. The van der Waals surface area contributed by atoms with E-state index in [2.05, 4.69) is 20.9 Å². The second-order valence-corrected chi connectivity index (χ2v) is 7.65. The monoisotopic (exact) mass is 469 g/mol. The van der Waals surface area contributed by atoms with E-state index in [9.17, 15) is 10.2 Å². The molecule has 30 heavy (non-hydrogen) atoms. The molecule has 5 nitrogen and oxygen atoms in total. The smallest absolute Gasteiger partial charge is 0.144 e. The first-order chi connectivity index (χ1) is 14.4. The zero-order valence-corrected chi connectivity index (χ0v) is 18.6. The van der Waals surface area contributed by atoms with Gasteiger partial charge < -0.3 is 19.7 Å². The van der Waals surface area contributed by atoms with Crippen molar-refractivity contribution in [2.45, 2.75) is 18.6 Å². The number of phenolic OH excluding ortho intramolecular Hbond substituents is 1. The van der Waals surface area contributed by atoms with Crippen molar-refractivity contribution < 1.29 is 19.7 Å². The summed E-state index contributed by atoms with van der Waals surface area (Å²) in [4.78, 5) is 4.61. The Labute approximate surface area is 184 Å². The number of nitrogens with zero attached hydrogens (tertiary/aromatic N) is 1. The normalized spacial score (nSPS) is 12.7. The summed E-state index contributed by atoms with van der Waals surface area (Å²) in [5, 5.41) is 22.4. The fourth-order valence-electron chi connectivity index (χ4n) is 3.45. The van der Waals surface area contributed by atoms with Crippen LogP contribution in [0.3, 0.4) is 0 Å². The van der Waals surface area contributed by atoms with Gasteiger partial charge in [-0.15, -0.1) is 0 Å². The zero-order valence-electron chi connectivity index (χ0n) is 17.0. The second kappa shape index (κ2) is 9.32. The molecule has 156 valence electrons. The number of halogens is 1. The van der Waals surface area contributed by atoms with Crippen LogP contribution in [0.15, 0.2) is 76.2 Å². The number of aliphatic hydroxyl groups is 1. The van der Waals surface area contributed by atoms with Gasteiger partial charge in [0.2, 0.25) is 0 Å². The Kier molecular flexibility index (Phi) is 6.80. The Morgan fingerprint density at radius 2 is 1.43 bits per heavy atom. The molecule has 3 rings (SSSR count). The molecule has 6 heteroatoms. The number of aliphatic imine (C=N–C) groups is 1. The molecule has 0 unspecified atom stereocenters. The maximum absolute atomic E-state index is 12.1. The van der Waals surface area contributed by atoms with E-state index in [0.29, 0.717) is 32.7 Å². The summed E-state index contributed by atoms with van der Waals surface area (Å²) >= 11 is 3.31. The average molecular weight is 470 g/mol. The standard InChI is InChI=1S/C24H24BrNO4/c1-16(26-15-17-9-8-12-20(25)23(17)27)24(28,18-10-4-6-13-21(18)29-2)19-11-5-7-14-22(19)30-3/h4-16,27-28H,1-3H3/t16-/m1/s1. The minimum Gasteiger partial charge on any atom is -0.506 e. The van der Waals surface area contributed by atoms with Gasteiger partial charge in [0.1, 0.15) is 22.8 Å². The molecule has 2 N–H and O–H groups in total. The number of rotatable bonds is 7. The minimum absolute atomic E-state index is 0.0894. The highest BCUT2D eigenvalue weighted by atomic mass is 79.9. The molecule has 0 aliphatic heterocycles. The topological polar surface area (TPSA) is 71.3 Å². The van der Waals surface area contributed by atoms with Crippen LogP contribution in [0.2, 0.25) is 0 Å². The number of para-hydroxylation sites is 3. The van der Waals surface area contributed by atoms with Gasteiger partial charge in [0.05, 0.1) is 24.7 Å². The van der Waals surface area contributed by atoms with Crippen LogP contribution in [0.5, 0.6) is 17.2 Å². The van der Waals surface area contributed by atoms with E-state index in [-0.39, 0.29) is 5.75 Å². The van der Waals surface area contributed by atoms with Crippen molar-refractivity contribution in [2.75, 3.05) is 14.2 Å². The Bertz CT molecular complexity index is 1000. The van der Waals surface area contributed by atoms with Crippen molar-refractivity contribution in [3.63, 3.8) is 0 Å². The first-order valence-electron chi connectivity index (χ1n) is 9.43. The van der Waals surface area contributed by atoms with Crippen molar-refractivity contribution in [3.8, 4) is 17.2 Å². The maximum Gasteiger partial charge on any atom is 0.144 e. The predicted octanol–water partition coefficient (Wildman–Crippen LogP) is 4.92. The van der Waals surface area contributed by atoms with E-state index < -0.39 is 11.6 Å². The summed E-state index contributed by atoms with van der Waals surface area (Å²) in [6.07, 6.45) is 1.56. The molecule has 0 amide bonds. The van der Waals surface area contributed by atoms with Crippen molar-refractivity contribution in [1.82, 2.24) is 0 Å². The molecule has 0 saturated carbocycles. The van der Waals surface area contributed by atoms with Gasteiger partial charge in [-0.25, -0.2) is 0 Å². The van der Waals surface area contributed by atoms with Gasteiger partial charge in [-0.3, -0.25) is 4.99 Å². The van der Waals surface area contributed by atoms with Crippen LogP contribution in [-0.4, -0.2) is 36.7 Å². The molecule has 0 radical (unpaired) electrons. The van der Waals surface area contributed by atoms with Crippen LogP contribution in [0.25, 0.3) is 0 Å². The van der Waals surface area contributed by atoms with E-state index in [1.807, 2.05) is 49.4 Å². The third-order valence-corrected chi connectivity index (χ3v) is 5.73. The molecule has 0 saturated heterocycles. The van der Waals surface area contributed by atoms with Gasteiger partial charge in [0.25, 0.3) is 0 Å². The largest absolute Gasteiger partial charge is 0.506 e. The van der Waals surface area contributed by atoms with Crippen molar-refractivity contribution >= 4 is 22.1 Å². The van der Waals surface area contributed by atoms with Crippen molar-refractivity contribution in [1.29, 1.82) is 0 Å². The third-order valence-electron chi connectivity index (χ3n) is 5.10. The average Bonchev–Trinajstić information content (AvgIpc) is 2.79. The minimum atomic E-state index is -1.54. The lowest BCUT2D eigenvalue weighted by atomic mass is 9.80. The maximum atomic E-state index is 12.1. The second-order valence-electron chi connectivity index (χ2n) is 6.80. The molecule has 0 aliphatic carbocycles. The Hall–Kier alpha value is -2.83. The fourth-order valence-corrected chi connectivity index (χ4v) is 3.83. The summed E-state index contributed by atoms with van der Waals surface area (Å²) in [6, 6.07) is 19.3. The van der Waals surface area contributed by atoms with Gasteiger partial charge in [-0.2, -0.15) is 0 Å². The lowest BCUT2D eigenvalue weighted by molar-refractivity contribution is 0.0538. The lowest BCUT2D eigenvalue weighted by Gasteiger charge is -2.35. The van der Waals surface area contributed by atoms with Crippen molar-refractivity contribution in [2.24, 2.45) is 4.99 Å². The Morgan fingerprint density at radius 3 is 1.97 bits per heavy atom. The van der Waals surface area contributed by atoms with E-state index in [0.717, 1.165) is 0 Å². The lowest BCUT2D eigenvalue weighted by Crippen LogP contribution is -2.38. The first kappa shape index (κ1) is 21.9. The molecule has 3 aromatic carbocycles. The molecule has 0 aromatic heterocycles. The van der Waals surface area contributed by atoms with Gasteiger partial charge in [0.15, 0.2) is 0 Å². The van der Waals surface area contributed by atoms with E-state index in [1.165, 1.54) is 0 Å². The summed E-state index contributed by atoms with van der Waals surface area (Å²) < 4.78 is 11.6. The van der Waals surface area contributed by atoms with Gasteiger partial charge in [0, 0.05) is 22.9 Å². The van der Waals surface area contributed by atoms with Gasteiger partial charge in [-0.1, -0.05) is 42.5 Å². The highest BCUT2D eigenvalue weighted by molar-refractivity contribution is 9.10. The SMILES string of the molecule is COc1ccccc1C(O)(c1ccccc1OC)[C@@H](C)N=Cc1cccc(Br)c1O. The highest BCUT2D eigenvalue weighted by Gasteiger charge is 2.42. The summed E-state index contributed by atoms with van der Waals surface area (Å²) in [5.74, 6) is 1.17. The molecule has 0 spiro atoms. The summed E-state index contributed by atoms with van der Waals surface area (Å²) in [5.41, 5.74) is 0.135. The van der Waals surface area contributed by atoms with Crippen LogP contribution in [0, 0.1) is 0 Å². The molecule has 1 atom stereocenters. The summed E-state index contributed by atoms with van der Waals surface area (Å²) in [7, 11) is 3.13. The number of benzene rings is 3. The molecule has 0 heterocycles. The quantitative estimate of drug-likeness (QED) is 0.482. The van der Waals surface area contributed by atoms with Crippen LogP contribution < -0.4 is 9.47 Å². The molecule has 0 bridgehead atoms. The van der Waals surface area contributed by atoms with Crippen LogP contribution in [-0.2, 0) is 5.60 Å². The van der Waals surface area contributed by atoms with E-state index >= 15 is 0 Å². The fraction of sp³-hybridized carbons (Fsp3) is 0.208. The van der Waals surface area contributed by atoms with E-state index in [4.69, 9.17) is 9.47 Å². The van der Waals surface area contributed by atoms with Gasteiger partial charge in [-0.05, 0) is 47.1 Å². The van der Waals surface area contributed by atoms with Crippen LogP contribution >= 0.6 is 15.9 Å². The number of ether oxygens (including phenoxy) is 2. The number of aromatic hydroxyl groups is 1.